The van der Waals surface area contributed by atoms with Gasteiger partial charge in [0.25, 0.3) is 0 Å². The second-order valence-electron chi connectivity index (χ2n) is 3.63. The zero-order valence-corrected chi connectivity index (χ0v) is 9.92. The van der Waals surface area contributed by atoms with Gasteiger partial charge in [-0.25, -0.2) is 4.79 Å². The second-order valence-corrected chi connectivity index (χ2v) is 3.63. The van der Waals surface area contributed by atoms with Gasteiger partial charge < -0.3 is 20.3 Å². The molecule has 0 fully saturated rings. The van der Waals surface area contributed by atoms with E-state index in [2.05, 4.69) is 5.32 Å². The maximum Gasteiger partial charge on any atom is 0.328 e. The number of amides is 1. The number of rotatable bonds is 6. The third-order valence-corrected chi connectivity index (χ3v) is 2.36. The third-order valence-electron chi connectivity index (χ3n) is 2.36. The highest BCUT2D eigenvalue weighted by atomic mass is 16.5. The van der Waals surface area contributed by atoms with E-state index in [0.29, 0.717) is 11.3 Å². The molecule has 0 radical (unpaired) electrons. The fourth-order valence-corrected chi connectivity index (χ4v) is 1.45. The number of aliphatic carboxylic acids is 1. The summed E-state index contributed by atoms with van der Waals surface area (Å²) in [4.78, 5) is 22.3. The van der Waals surface area contributed by atoms with Crippen molar-refractivity contribution in [2.24, 2.45) is 0 Å². The van der Waals surface area contributed by atoms with Crippen molar-refractivity contribution >= 4 is 11.9 Å². The first-order chi connectivity index (χ1) is 8.58. The molecule has 0 spiro atoms. The number of carboxylic acids is 1. The number of carbonyl (C=O) groups is 2. The van der Waals surface area contributed by atoms with Gasteiger partial charge in [-0.05, 0) is 6.07 Å². The van der Waals surface area contributed by atoms with Gasteiger partial charge in [-0.3, -0.25) is 4.79 Å². The molecule has 0 aromatic heterocycles. The zero-order chi connectivity index (χ0) is 13.5. The Balaban J connectivity index is 2.67. The zero-order valence-electron chi connectivity index (χ0n) is 9.92. The van der Waals surface area contributed by atoms with E-state index < -0.39 is 24.5 Å². The summed E-state index contributed by atoms with van der Waals surface area (Å²) < 4.78 is 5.08. The first-order valence-corrected chi connectivity index (χ1v) is 5.33. The SMILES string of the molecule is COc1ccccc1CC(=O)N[C@H](CO)C(=O)O. The minimum atomic E-state index is -1.28. The minimum absolute atomic E-state index is 0.00616. The van der Waals surface area contributed by atoms with Crippen LogP contribution >= 0.6 is 0 Å². The van der Waals surface area contributed by atoms with Gasteiger partial charge in [0.05, 0.1) is 20.1 Å². The summed E-state index contributed by atoms with van der Waals surface area (Å²) in [6.45, 7) is -0.646. The van der Waals surface area contributed by atoms with Crippen LogP contribution in [0, 0.1) is 0 Å². The van der Waals surface area contributed by atoms with Gasteiger partial charge in [0.2, 0.25) is 5.91 Å². The molecular formula is C12H15NO5. The van der Waals surface area contributed by atoms with Gasteiger partial charge in [-0.15, -0.1) is 0 Å². The molecule has 1 aromatic rings. The van der Waals surface area contributed by atoms with E-state index in [1.54, 1.807) is 24.3 Å². The molecule has 0 saturated carbocycles. The molecule has 1 atom stereocenters. The predicted octanol–water partition coefficient (Wildman–Crippen LogP) is -0.201. The summed E-state index contributed by atoms with van der Waals surface area (Å²) in [5.41, 5.74) is 0.652. The van der Waals surface area contributed by atoms with Crippen LogP contribution in [0.2, 0.25) is 0 Å². The Morgan fingerprint density at radius 1 is 1.39 bits per heavy atom. The summed E-state index contributed by atoms with van der Waals surface area (Å²) in [5.74, 6) is -1.20. The van der Waals surface area contributed by atoms with Crippen molar-refractivity contribution in [1.29, 1.82) is 0 Å². The van der Waals surface area contributed by atoms with E-state index >= 15 is 0 Å². The van der Waals surface area contributed by atoms with Crippen molar-refractivity contribution in [3.8, 4) is 5.75 Å². The quantitative estimate of drug-likeness (QED) is 0.652. The van der Waals surface area contributed by atoms with E-state index in [9.17, 15) is 9.59 Å². The molecule has 0 unspecified atom stereocenters. The Morgan fingerprint density at radius 3 is 2.61 bits per heavy atom. The molecule has 0 heterocycles. The standard InChI is InChI=1S/C12H15NO5/c1-18-10-5-3-2-4-8(10)6-11(15)13-9(7-14)12(16)17/h2-5,9,14H,6-7H2,1H3,(H,13,15)(H,16,17)/t9-/m1/s1. The Hall–Kier alpha value is -2.08. The fraction of sp³-hybridized carbons (Fsp3) is 0.333. The summed E-state index contributed by atoms with van der Waals surface area (Å²) in [6, 6.07) is 5.67. The van der Waals surface area contributed by atoms with Crippen LogP contribution in [-0.2, 0) is 16.0 Å². The molecule has 1 rings (SSSR count). The molecule has 0 saturated heterocycles. The lowest BCUT2D eigenvalue weighted by molar-refractivity contribution is -0.142. The van der Waals surface area contributed by atoms with Gasteiger partial charge in [0.15, 0.2) is 0 Å². The smallest absolute Gasteiger partial charge is 0.328 e. The largest absolute Gasteiger partial charge is 0.496 e. The number of aliphatic hydroxyl groups excluding tert-OH is 1. The van der Waals surface area contributed by atoms with Crippen LogP contribution < -0.4 is 10.1 Å². The molecular weight excluding hydrogens is 238 g/mol. The lowest BCUT2D eigenvalue weighted by atomic mass is 10.1. The number of methoxy groups -OCH3 is 1. The van der Waals surface area contributed by atoms with Crippen molar-refractivity contribution in [2.45, 2.75) is 12.5 Å². The highest BCUT2D eigenvalue weighted by molar-refractivity contribution is 5.85. The van der Waals surface area contributed by atoms with Crippen molar-refractivity contribution < 1.29 is 24.5 Å². The van der Waals surface area contributed by atoms with Crippen molar-refractivity contribution in [3.05, 3.63) is 29.8 Å². The van der Waals surface area contributed by atoms with E-state index in [0.717, 1.165) is 0 Å². The Labute approximate surface area is 104 Å². The Kier molecular flexibility index (Phi) is 5.13. The summed E-state index contributed by atoms with van der Waals surface area (Å²) in [7, 11) is 1.49. The van der Waals surface area contributed by atoms with Crippen molar-refractivity contribution in [1.82, 2.24) is 5.32 Å². The molecule has 0 bridgehead atoms. The van der Waals surface area contributed by atoms with E-state index in [1.165, 1.54) is 7.11 Å². The van der Waals surface area contributed by atoms with Crippen molar-refractivity contribution in [2.75, 3.05) is 13.7 Å². The monoisotopic (exact) mass is 253 g/mol. The highest BCUT2D eigenvalue weighted by Gasteiger charge is 2.19. The summed E-state index contributed by atoms with van der Waals surface area (Å²) in [6.07, 6.45) is -0.00616. The number of nitrogens with one attached hydrogen (secondary N) is 1. The average Bonchev–Trinajstić information content (AvgIpc) is 2.36. The molecule has 6 nitrogen and oxygen atoms in total. The van der Waals surface area contributed by atoms with Crippen LogP contribution in [-0.4, -0.2) is 41.8 Å². The van der Waals surface area contributed by atoms with Crippen molar-refractivity contribution in [3.63, 3.8) is 0 Å². The number of para-hydroxylation sites is 1. The van der Waals surface area contributed by atoms with Gasteiger partial charge in [-0.1, -0.05) is 18.2 Å². The third kappa shape index (κ3) is 3.74. The summed E-state index contributed by atoms with van der Waals surface area (Å²) in [5, 5.41) is 19.7. The van der Waals surface area contributed by atoms with E-state index in [4.69, 9.17) is 14.9 Å². The summed E-state index contributed by atoms with van der Waals surface area (Å²) >= 11 is 0. The number of benzene rings is 1. The van der Waals surface area contributed by atoms with Crippen LogP contribution in [0.15, 0.2) is 24.3 Å². The number of carboxylic acid groups (broad SMARTS) is 1. The lowest BCUT2D eigenvalue weighted by Crippen LogP contribution is -2.43. The van der Waals surface area contributed by atoms with Gasteiger partial charge in [0, 0.05) is 5.56 Å². The molecule has 18 heavy (non-hydrogen) atoms. The van der Waals surface area contributed by atoms with Crippen LogP contribution in [0.5, 0.6) is 5.75 Å². The minimum Gasteiger partial charge on any atom is -0.496 e. The Bertz CT molecular complexity index is 432. The first kappa shape index (κ1) is 14.0. The second kappa shape index (κ2) is 6.61. The molecule has 0 aliphatic heterocycles. The first-order valence-electron chi connectivity index (χ1n) is 5.33. The number of ether oxygens (including phenoxy) is 1. The highest BCUT2D eigenvalue weighted by Crippen LogP contribution is 2.17. The van der Waals surface area contributed by atoms with Crippen LogP contribution in [0.1, 0.15) is 5.56 Å². The molecule has 0 aliphatic carbocycles. The average molecular weight is 253 g/mol. The molecule has 1 amide bonds. The topological polar surface area (TPSA) is 95.9 Å². The fourth-order valence-electron chi connectivity index (χ4n) is 1.45. The molecule has 6 heteroatoms. The van der Waals surface area contributed by atoms with Gasteiger partial charge in [0.1, 0.15) is 11.8 Å². The van der Waals surface area contributed by atoms with E-state index in [-0.39, 0.29) is 6.42 Å². The number of hydrogen-bond donors (Lipinski definition) is 3. The number of aliphatic hydroxyl groups is 1. The number of carbonyl (C=O) groups excluding carboxylic acids is 1. The normalized spacial score (nSPS) is 11.7. The van der Waals surface area contributed by atoms with Gasteiger partial charge in [-0.2, -0.15) is 0 Å². The maximum absolute atomic E-state index is 11.6. The van der Waals surface area contributed by atoms with Gasteiger partial charge >= 0.3 is 5.97 Å². The number of hydrogen-bond acceptors (Lipinski definition) is 4. The maximum atomic E-state index is 11.6. The lowest BCUT2D eigenvalue weighted by Gasteiger charge is -2.12. The molecule has 98 valence electrons. The van der Waals surface area contributed by atoms with Crippen LogP contribution in [0.3, 0.4) is 0 Å². The van der Waals surface area contributed by atoms with Crippen LogP contribution in [0.4, 0.5) is 0 Å². The molecule has 0 aliphatic rings. The molecule has 3 N–H and O–H groups in total. The Morgan fingerprint density at radius 2 is 2.06 bits per heavy atom. The van der Waals surface area contributed by atoms with E-state index in [1.807, 2.05) is 0 Å². The molecule has 1 aromatic carbocycles. The predicted molar refractivity (Wildman–Crippen MR) is 63.4 cm³/mol. The van der Waals surface area contributed by atoms with Crippen LogP contribution in [0.25, 0.3) is 0 Å².